The first-order valence-electron chi connectivity index (χ1n) is 9.73. The van der Waals surface area contributed by atoms with Crippen molar-refractivity contribution in [2.45, 2.75) is 45.8 Å². The normalized spacial score (nSPS) is 24.6. The molecule has 2 aliphatic rings. The van der Waals surface area contributed by atoms with Gasteiger partial charge in [-0.25, -0.2) is 0 Å². The van der Waals surface area contributed by atoms with E-state index in [0.717, 1.165) is 30.8 Å². The highest BCUT2D eigenvalue weighted by Gasteiger charge is 2.52. The fourth-order valence-corrected chi connectivity index (χ4v) is 4.34. The van der Waals surface area contributed by atoms with Gasteiger partial charge in [0.25, 0.3) is 0 Å². The molecule has 0 radical (unpaired) electrons. The summed E-state index contributed by atoms with van der Waals surface area (Å²) in [7, 11) is 0. The van der Waals surface area contributed by atoms with Gasteiger partial charge in [0, 0.05) is 25.2 Å². The standard InChI is InChI=1S/C21H26N4O3/c1-14-17(15(2)28-24-14)11-22-19(26)18-10-21(20(27)23-18)8-9-25(13-21)12-16-6-4-3-5-7-16/h3-7,18H,8-13H2,1-2H3,(H,22,26)(H,23,27)/t18-,21-/m0/s1. The van der Waals surface area contributed by atoms with E-state index < -0.39 is 11.5 Å². The summed E-state index contributed by atoms with van der Waals surface area (Å²) in [6.45, 7) is 6.44. The van der Waals surface area contributed by atoms with Gasteiger partial charge in [-0.15, -0.1) is 0 Å². The summed E-state index contributed by atoms with van der Waals surface area (Å²) in [6, 6.07) is 9.79. The van der Waals surface area contributed by atoms with Crippen LogP contribution in [0.5, 0.6) is 0 Å². The SMILES string of the molecule is Cc1noc(C)c1CNC(=O)[C@@H]1C[C@]2(CCN(Cc3ccccc3)C2)C(=O)N1. The maximum atomic E-state index is 12.7. The van der Waals surface area contributed by atoms with Crippen LogP contribution in [0, 0.1) is 19.3 Å². The Bertz CT molecular complexity index is 860. The number of hydrogen-bond donors (Lipinski definition) is 2. The lowest BCUT2D eigenvalue weighted by Crippen LogP contribution is -2.41. The molecule has 0 saturated carbocycles. The van der Waals surface area contributed by atoms with Crippen molar-refractivity contribution in [1.29, 1.82) is 0 Å². The van der Waals surface area contributed by atoms with Crippen molar-refractivity contribution in [3.63, 3.8) is 0 Å². The van der Waals surface area contributed by atoms with E-state index >= 15 is 0 Å². The molecule has 3 heterocycles. The van der Waals surface area contributed by atoms with Crippen LogP contribution in [0.15, 0.2) is 34.9 Å². The van der Waals surface area contributed by atoms with Crippen LogP contribution in [0.1, 0.15) is 35.4 Å². The monoisotopic (exact) mass is 382 g/mol. The van der Waals surface area contributed by atoms with E-state index in [1.165, 1.54) is 5.56 Å². The minimum atomic E-state index is -0.482. The molecule has 2 aromatic rings. The molecule has 2 aliphatic heterocycles. The zero-order valence-corrected chi connectivity index (χ0v) is 16.3. The van der Waals surface area contributed by atoms with E-state index in [0.29, 0.717) is 25.3 Å². The number of nitrogens with one attached hydrogen (secondary N) is 2. The lowest BCUT2D eigenvalue weighted by molar-refractivity contribution is -0.128. The number of nitrogens with zero attached hydrogens (tertiary/aromatic N) is 2. The third kappa shape index (κ3) is 3.54. The molecule has 1 spiro atoms. The average Bonchev–Trinajstić information content (AvgIpc) is 3.34. The second-order valence-electron chi connectivity index (χ2n) is 7.98. The Labute approximate surface area is 164 Å². The van der Waals surface area contributed by atoms with Gasteiger partial charge in [-0.2, -0.15) is 0 Å². The number of likely N-dealkylation sites (tertiary alicyclic amines) is 1. The quantitative estimate of drug-likeness (QED) is 0.822. The summed E-state index contributed by atoms with van der Waals surface area (Å²) < 4.78 is 5.13. The lowest BCUT2D eigenvalue weighted by atomic mass is 9.84. The molecule has 0 bridgehead atoms. The third-order valence-corrected chi connectivity index (χ3v) is 6.00. The second kappa shape index (κ2) is 7.39. The highest BCUT2D eigenvalue weighted by atomic mass is 16.5. The Morgan fingerprint density at radius 2 is 2.14 bits per heavy atom. The number of amides is 2. The van der Waals surface area contributed by atoms with Gasteiger partial charge in [0.05, 0.1) is 11.1 Å². The summed E-state index contributed by atoms with van der Waals surface area (Å²) in [5.74, 6) is 0.560. The van der Waals surface area contributed by atoms with Crippen LogP contribution < -0.4 is 10.6 Å². The fraction of sp³-hybridized carbons (Fsp3) is 0.476. The molecular formula is C21H26N4O3. The first-order chi connectivity index (χ1) is 13.5. The molecule has 7 nitrogen and oxygen atoms in total. The highest BCUT2D eigenvalue weighted by Crippen LogP contribution is 2.40. The van der Waals surface area contributed by atoms with E-state index in [4.69, 9.17) is 4.52 Å². The fourth-order valence-electron chi connectivity index (χ4n) is 4.34. The van der Waals surface area contributed by atoms with Crippen LogP contribution in [0.25, 0.3) is 0 Å². The lowest BCUT2D eigenvalue weighted by Gasteiger charge is -2.21. The summed E-state index contributed by atoms with van der Waals surface area (Å²) in [6.07, 6.45) is 1.34. The topological polar surface area (TPSA) is 87.5 Å². The van der Waals surface area contributed by atoms with E-state index in [1.807, 2.05) is 32.0 Å². The molecule has 2 amide bonds. The zero-order chi connectivity index (χ0) is 19.7. The molecule has 2 saturated heterocycles. The third-order valence-electron chi connectivity index (χ3n) is 6.00. The van der Waals surface area contributed by atoms with Gasteiger partial charge < -0.3 is 15.2 Å². The second-order valence-corrected chi connectivity index (χ2v) is 7.98. The smallest absolute Gasteiger partial charge is 0.242 e. The van der Waals surface area contributed by atoms with Crippen molar-refractivity contribution in [1.82, 2.24) is 20.7 Å². The summed E-state index contributed by atoms with van der Waals surface area (Å²) in [4.78, 5) is 27.6. The highest BCUT2D eigenvalue weighted by molar-refractivity contribution is 5.94. The van der Waals surface area contributed by atoms with Crippen molar-refractivity contribution < 1.29 is 14.1 Å². The number of aryl methyl sites for hydroxylation is 2. The molecule has 4 rings (SSSR count). The van der Waals surface area contributed by atoms with Crippen LogP contribution in [0.2, 0.25) is 0 Å². The predicted molar refractivity (Wildman–Crippen MR) is 103 cm³/mol. The first kappa shape index (κ1) is 18.7. The Morgan fingerprint density at radius 1 is 1.36 bits per heavy atom. The Balaban J connectivity index is 1.35. The van der Waals surface area contributed by atoms with Gasteiger partial charge in [0.1, 0.15) is 11.8 Å². The van der Waals surface area contributed by atoms with Crippen molar-refractivity contribution in [2.24, 2.45) is 5.41 Å². The van der Waals surface area contributed by atoms with Crippen molar-refractivity contribution in [3.8, 4) is 0 Å². The van der Waals surface area contributed by atoms with E-state index in [1.54, 1.807) is 0 Å². The summed E-state index contributed by atoms with van der Waals surface area (Å²) in [5.41, 5.74) is 2.45. The maximum absolute atomic E-state index is 12.7. The van der Waals surface area contributed by atoms with Gasteiger partial charge in [0.15, 0.2) is 0 Å². The summed E-state index contributed by atoms with van der Waals surface area (Å²) >= 11 is 0. The Morgan fingerprint density at radius 3 is 2.86 bits per heavy atom. The van der Waals surface area contributed by atoms with Crippen LogP contribution in [-0.2, 0) is 22.7 Å². The van der Waals surface area contributed by atoms with Gasteiger partial charge in [-0.3, -0.25) is 14.5 Å². The predicted octanol–water partition coefficient (Wildman–Crippen LogP) is 1.69. The molecule has 0 aliphatic carbocycles. The van der Waals surface area contributed by atoms with E-state index in [2.05, 4.69) is 32.8 Å². The average molecular weight is 382 g/mol. The number of aromatic nitrogens is 1. The molecule has 2 atom stereocenters. The first-order valence-corrected chi connectivity index (χ1v) is 9.73. The number of carbonyl (C=O) groups is 2. The number of rotatable bonds is 5. The van der Waals surface area contributed by atoms with Crippen LogP contribution in [0.4, 0.5) is 0 Å². The van der Waals surface area contributed by atoms with Crippen LogP contribution in [-0.4, -0.2) is 41.0 Å². The van der Waals surface area contributed by atoms with Crippen molar-refractivity contribution >= 4 is 11.8 Å². The van der Waals surface area contributed by atoms with Crippen LogP contribution >= 0.6 is 0 Å². The van der Waals surface area contributed by atoms with Gasteiger partial charge in [-0.05, 0) is 38.8 Å². The van der Waals surface area contributed by atoms with Crippen LogP contribution in [0.3, 0.4) is 0 Å². The largest absolute Gasteiger partial charge is 0.361 e. The molecule has 0 unspecified atom stereocenters. The number of benzene rings is 1. The minimum Gasteiger partial charge on any atom is -0.361 e. The molecule has 2 N–H and O–H groups in total. The van der Waals surface area contributed by atoms with Gasteiger partial charge in [-0.1, -0.05) is 35.5 Å². The van der Waals surface area contributed by atoms with Crippen molar-refractivity contribution in [2.75, 3.05) is 13.1 Å². The van der Waals surface area contributed by atoms with Gasteiger partial charge in [0.2, 0.25) is 11.8 Å². The number of carbonyl (C=O) groups excluding carboxylic acids is 2. The Hall–Kier alpha value is -2.67. The number of hydrogen-bond acceptors (Lipinski definition) is 5. The van der Waals surface area contributed by atoms with Crippen molar-refractivity contribution in [3.05, 3.63) is 52.9 Å². The molecule has 1 aromatic heterocycles. The molecule has 7 heteroatoms. The molecular weight excluding hydrogens is 356 g/mol. The van der Waals surface area contributed by atoms with E-state index in [-0.39, 0.29) is 11.8 Å². The van der Waals surface area contributed by atoms with E-state index in [9.17, 15) is 9.59 Å². The maximum Gasteiger partial charge on any atom is 0.242 e. The minimum absolute atomic E-state index is 0.000510. The summed E-state index contributed by atoms with van der Waals surface area (Å²) in [5, 5.41) is 9.74. The zero-order valence-electron chi connectivity index (χ0n) is 16.3. The molecule has 28 heavy (non-hydrogen) atoms. The molecule has 148 valence electrons. The van der Waals surface area contributed by atoms with Gasteiger partial charge >= 0.3 is 0 Å². The molecule has 1 aromatic carbocycles. The molecule has 2 fully saturated rings. The Kier molecular flexibility index (Phi) is 4.93.